The summed E-state index contributed by atoms with van der Waals surface area (Å²) in [5, 5.41) is 15.0. The SMILES string of the molecule is CCNC(=O)CNC(CO)Cc1ccccc1. The number of carbonyl (C=O) groups excluding carboxylic acids is 1. The molecule has 0 aliphatic rings. The molecule has 0 spiro atoms. The van der Waals surface area contributed by atoms with Gasteiger partial charge in [-0.05, 0) is 18.9 Å². The first-order chi connectivity index (χ1) is 8.26. The third-order valence-corrected chi connectivity index (χ3v) is 2.47. The Kier molecular flexibility index (Phi) is 6.29. The first kappa shape index (κ1) is 13.7. The summed E-state index contributed by atoms with van der Waals surface area (Å²) in [7, 11) is 0. The largest absolute Gasteiger partial charge is 0.395 e. The minimum absolute atomic E-state index is 0.0221. The second-order valence-corrected chi connectivity index (χ2v) is 3.90. The Bertz CT molecular complexity index is 327. The van der Waals surface area contributed by atoms with Crippen molar-refractivity contribution in [1.29, 1.82) is 0 Å². The molecule has 1 amide bonds. The zero-order valence-corrected chi connectivity index (χ0v) is 10.1. The maximum Gasteiger partial charge on any atom is 0.233 e. The monoisotopic (exact) mass is 236 g/mol. The highest BCUT2D eigenvalue weighted by Crippen LogP contribution is 2.02. The lowest BCUT2D eigenvalue weighted by molar-refractivity contribution is -0.120. The molecule has 3 N–H and O–H groups in total. The van der Waals surface area contributed by atoms with Crippen molar-refractivity contribution >= 4 is 5.91 Å². The summed E-state index contributed by atoms with van der Waals surface area (Å²) in [6.45, 7) is 2.77. The third kappa shape index (κ3) is 5.47. The molecule has 0 aliphatic heterocycles. The number of aliphatic hydroxyl groups is 1. The van der Waals surface area contributed by atoms with E-state index in [1.54, 1.807) is 0 Å². The minimum atomic E-state index is -0.0833. The van der Waals surface area contributed by atoms with Crippen LogP contribution in [0.15, 0.2) is 30.3 Å². The Morgan fingerprint density at radius 3 is 2.65 bits per heavy atom. The van der Waals surface area contributed by atoms with Gasteiger partial charge in [0.2, 0.25) is 5.91 Å². The summed E-state index contributed by atoms with van der Waals surface area (Å²) >= 11 is 0. The summed E-state index contributed by atoms with van der Waals surface area (Å²) in [6.07, 6.45) is 0.719. The van der Waals surface area contributed by atoms with E-state index in [2.05, 4.69) is 10.6 Å². The molecule has 0 aliphatic carbocycles. The van der Waals surface area contributed by atoms with E-state index in [1.165, 1.54) is 0 Å². The summed E-state index contributed by atoms with van der Waals surface area (Å²) in [4.78, 5) is 11.3. The summed E-state index contributed by atoms with van der Waals surface area (Å²) < 4.78 is 0. The summed E-state index contributed by atoms with van der Waals surface area (Å²) in [6, 6.07) is 9.83. The topological polar surface area (TPSA) is 61.4 Å². The van der Waals surface area contributed by atoms with Crippen molar-refractivity contribution in [3.8, 4) is 0 Å². The molecule has 4 nitrogen and oxygen atoms in total. The van der Waals surface area contributed by atoms with E-state index < -0.39 is 0 Å². The lowest BCUT2D eigenvalue weighted by Crippen LogP contribution is -2.41. The van der Waals surface area contributed by atoms with Crippen LogP contribution in [0.3, 0.4) is 0 Å². The van der Waals surface area contributed by atoms with Crippen molar-refractivity contribution in [2.45, 2.75) is 19.4 Å². The Hall–Kier alpha value is -1.39. The molecule has 4 heteroatoms. The molecule has 1 aromatic rings. The quantitative estimate of drug-likeness (QED) is 0.639. The van der Waals surface area contributed by atoms with Crippen LogP contribution in [0.5, 0.6) is 0 Å². The molecule has 1 unspecified atom stereocenters. The van der Waals surface area contributed by atoms with Crippen LogP contribution in [0.4, 0.5) is 0 Å². The molecule has 0 bridgehead atoms. The average Bonchev–Trinajstić information content (AvgIpc) is 2.36. The van der Waals surface area contributed by atoms with E-state index >= 15 is 0 Å². The fourth-order valence-electron chi connectivity index (χ4n) is 1.60. The zero-order chi connectivity index (χ0) is 12.5. The number of nitrogens with one attached hydrogen (secondary N) is 2. The molecule has 1 rings (SSSR count). The van der Waals surface area contributed by atoms with Gasteiger partial charge in [0.25, 0.3) is 0 Å². The van der Waals surface area contributed by atoms with Crippen LogP contribution in [0.25, 0.3) is 0 Å². The summed E-state index contributed by atoms with van der Waals surface area (Å²) in [5.74, 6) is -0.0426. The highest BCUT2D eigenvalue weighted by molar-refractivity contribution is 5.77. The molecular formula is C13H20N2O2. The molecular weight excluding hydrogens is 216 g/mol. The van der Waals surface area contributed by atoms with Gasteiger partial charge < -0.3 is 15.7 Å². The van der Waals surface area contributed by atoms with E-state index in [-0.39, 0.29) is 25.1 Å². The Morgan fingerprint density at radius 2 is 2.06 bits per heavy atom. The molecule has 0 heterocycles. The lowest BCUT2D eigenvalue weighted by Gasteiger charge is -2.15. The average molecular weight is 236 g/mol. The molecule has 0 saturated heterocycles. The van der Waals surface area contributed by atoms with E-state index in [1.807, 2.05) is 37.3 Å². The Labute approximate surface area is 102 Å². The Morgan fingerprint density at radius 1 is 1.35 bits per heavy atom. The van der Waals surface area contributed by atoms with Gasteiger partial charge >= 0.3 is 0 Å². The van der Waals surface area contributed by atoms with Gasteiger partial charge in [-0.2, -0.15) is 0 Å². The van der Waals surface area contributed by atoms with E-state index in [0.29, 0.717) is 6.54 Å². The minimum Gasteiger partial charge on any atom is -0.395 e. The van der Waals surface area contributed by atoms with E-state index in [9.17, 15) is 9.90 Å². The van der Waals surface area contributed by atoms with Crippen LogP contribution in [0.1, 0.15) is 12.5 Å². The van der Waals surface area contributed by atoms with Crippen molar-refractivity contribution in [1.82, 2.24) is 10.6 Å². The smallest absolute Gasteiger partial charge is 0.233 e. The van der Waals surface area contributed by atoms with Gasteiger partial charge in [-0.3, -0.25) is 4.79 Å². The van der Waals surface area contributed by atoms with Crippen LogP contribution >= 0.6 is 0 Å². The number of aliphatic hydroxyl groups excluding tert-OH is 1. The third-order valence-electron chi connectivity index (χ3n) is 2.47. The maximum absolute atomic E-state index is 11.3. The van der Waals surface area contributed by atoms with E-state index in [4.69, 9.17) is 0 Å². The van der Waals surface area contributed by atoms with Gasteiger partial charge in [-0.15, -0.1) is 0 Å². The fraction of sp³-hybridized carbons (Fsp3) is 0.462. The van der Waals surface area contributed by atoms with Crippen molar-refractivity contribution in [3.63, 3.8) is 0 Å². The number of carbonyl (C=O) groups is 1. The lowest BCUT2D eigenvalue weighted by atomic mass is 10.1. The predicted octanol–water partition coefficient (Wildman–Crippen LogP) is 0.316. The van der Waals surface area contributed by atoms with Gasteiger partial charge in [-0.1, -0.05) is 30.3 Å². The number of hydrogen-bond donors (Lipinski definition) is 3. The van der Waals surface area contributed by atoms with Crippen LogP contribution in [0, 0.1) is 0 Å². The molecule has 17 heavy (non-hydrogen) atoms. The zero-order valence-electron chi connectivity index (χ0n) is 10.1. The number of hydrogen-bond acceptors (Lipinski definition) is 3. The molecule has 0 aromatic heterocycles. The Balaban J connectivity index is 2.36. The highest BCUT2D eigenvalue weighted by Gasteiger charge is 2.09. The molecule has 0 saturated carbocycles. The summed E-state index contributed by atoms with van der Waals surface area (Å²) in [5.41, 5.74) is 1.15. The van der Waals surface area contributed by atoms with Gasteiger partial charge in [0.15, 0.2) is 0 Å². The van der Waals surface area contributed by atoms with Crippen molar-refractivity contribution < 1.29 is 9.90 Å². The molecule has 0 fully saturated rings. The highest BCUT2D eigenvalue weighted by atomic mass is 16.3. The normalized spacial score (nSPS) is 12.1. The van der Waals surface area contributed by atoms with Crippen LogP contribution in [0.2, 0.25) is 0 Å². The van der Waals surface area contributed by atoms with Crippen LogP contribution < -0.4 is 10.6 Å². The first-order valence-electron chi connectivity index (χ1n) is 5.91. The van der Waals surface area contributed by atoms with E-state index in [0.717, 1.165) is 12.0 Å². The second-order valence-electron chi connectivity index (χ2n) is 3.90. The van der Waals surface area contributed by atoms with Crippen LogP contribution in [-0.4, -0.2) is 36.8 Å². The molecule has 0 radical (unpaired) electrons. The van der Waals surface area contributed by atoms with Crippen molar-refractivity contribution in [2.24, 2.45) is 0 Å². The number of likely N-dealkylation sites (N-methyl/N-ethyl adjacent to an activating group) is 1. The number of benzene rings is 1. The first-order valence-corrected chi connectivity index (χ1v) is 5.91. The van der Waals surface area contributed by atoms with Gasteiger partial charge in [0, 0.05) is 12.6 Å². The van der Waals surface area contributed by atoms with Gasteiger partial charge in [-0.25, -0.2) is 0 Å². The van der Waals surface area contributed by atoms with Gasteiger partial charge in [0.1, 0.15) is 0 Å². The predicted molar refractivity (Wildman–Crippen MR) is 67.7 cm³/mol. The van der Waals surface area contributed by atoms with Crippen molar-refractivity contribution in [3.05, 3.63) is 35.9 Å². The molecule has 1 atom stereocenters. The van der Waals surface area contributed by atoms with Gasteiger partial charge in [0.05, 0.1) is 13.2 Å². The standard InChI is InChI=1S/C13H20N2O2/c1-2-14-13(17)9-15-12(10-16)8-11-6-4-3-5-7-11/h3-7,12,15-16H,2,8-10H2,1H3,(H,14,17). The van der Waals surface area contributed by atoms with Crippen molar-refractivity contribution in [2.75, 3.05) is 19.7 Å². The van der Waals surface area contributed by atoms with Crippen LogP contribution in [-0.2, 0) is 11.2 Å². The molecule has 94 valence electrons. The molecule has 1 aromatic carbocycles. The number of rotatable bonds is 7. The maximum atomic E-state index is 11.3. The second kappa shape index (κ2) is 7.81. The number of amides is 1. The fourth-order valence-corrected chi connectivity index (χ4v) is 1.60.